The van der Waals surface area contributed by atoms with Gasteiger partial charge in [0.15, 0.2) is 0 Å². The van der Waals surface area contributed by atoms with E-state index in [0.717, 1.165) is 22.6 Å². The van der Waals surface area contributed by atoms with E-state index in [2.05, 4.69) is 19.9 Å². The average Bonchev–Trinajstić information content (AvgIpc) is 2.75. The van der Waals surface area contributed by atoms with Crippen LogP contribution in [0.4, 0.5) is 0 Å². The molecule has 0 saturated carbocycles. The fourth-order valence-corrected chi connectivity index (χ4v) is 3.66. The number of rotatable bonds is 4. The van der Waals surface area contributed by atoms with Gasteiger partial charge in [0.05, 0.1) is 25.2 Å². The molecule has 0 fully saturated rings. The van der Waals surface area contributed by atoms with Crippen LogP contribution in [0.25, 0.3) is 0 Å². The maximum absolute atomic E-state index is 6.66. The first-order valence-corrected chi connectivity index (χ1v) is 7.25. The second kappa shape index (κ2) is 5.85. The highest BCUT2D eigenvalue weighted by Gasteiger charge is 2.23. The Kier molecular flexibility index (Phi) is 4.38. The van der Waals surface area contributed by atoms with Crippen LogP contribution in [0.2, 0.25) is 0 Å². The summed E-state index contributed by atoms with van der Waals surface area (Å²) in [5.74, 6) is 1.50. The second-order valence-electron chi connectivity index (χ2n) is 4.31. The Morgan fingerprint density at radius 1 is 1.11 bits per heavy atom. The molecule has 0 aliphatic carbocycles. The van der Waals surface area contributed by atoms with Crippen LogP contribution in [-0.2, 0) is 0 Å². The Morgan fingerprint density at radius 2 is 1.68 bits per heavy atom. The zero-order valence-electron chi connectivity index (χ0n) is 11.5. The molecule has 1 aromatic carbocycles. The van der Waals surface area contributed by atoms with Crippen molar-refractivity contribution < 1.29 is 9.47 Å². The van der Waals surface area contributed by atoms with E-state index >= 15 is 0 Å². The Morgan fingerprint density at radius 3 is 2.11 bits per heavy atom. The first kappa shape index (κ1) is 14.2. The molecule has 2 nitrogen and oxygen atoms in total. The molecule has 0 aliphatic heterocycles. The summed E-state index contributed by atoms with van der Waals surface area (Å²) in [5, 5.41) is -0.268. The Labute approximate surface area is 122 Å². The number of hydrogen-bond acceptors (Lipinski definition) is 3. The molecule has 1 unspecified atom stereocenters. The van der Waals surface area contributed by atoms with Crippen molar-refractivity contribution in [3.05, 3.63) is 45.1 Å². The van der Waals surface area contributed by atoms with Crippen LogP contribution in [0, 0.1) is 13.8 Å². The van der Waals surface area contributed by atoms with Crippen molar-refractivity contribution in [2.45, 2.75) is 19.2 Å². The summed E-state index contributed by atoms with van der Waals surface area (Å²) in [6, 6.07) is 7.84. The van der Waals surface area contributed by atoms with E-state index < -0.39 is 0 Å². The van der Waals surface area contributed by atoms with Gasteiger partial charge in [-0.25, -0.2) is 0 Å². The van der Waals surface area contributed by atoms with Gasteiger partial charge in [-0.3, -0.25) is 0 Å². The summed E-state index contributed by atoms with van der Waals surface area (Å²) >= 11 is 8.42. The zero-order valence-corrected chi connectivity index (χ0v) is 13.1. The van der Waals surface area contributed by atoms with Crippen LogP contribution in [0.1, 0.15) is 26.3 Å². The van der Waals surface area contributed by atoms with E-state index in [-0.39, 0.29) is 5.38 Å². The molecule has 0 amide bonds. The molecular weight excluding hydrogens is 280 g/mol. The smallest absolute Gasteiger partial charge is 0.127 e. The van der Waals surface area contributed by atoms with Crippen LogP contribution < -0.4 is 9.47 Å². The van der Waals surface area contributed by atoms with Gasteiger partial charge >= 0.3 is 0 Å². The van der Waals surface area contributed by atoms with Crippen molar-refractivity contribution in [2.24, 2.45) is 0 Å². The first-order chi connectivity index (χ1) is 9.08. The third-order valence-electron chi connectivity index (χ3n) is 3.07. The molecule has 0 aliphatic rings. The summed E-state index contributed by atoms with van der Waals surface area (Å²) in [6.07, 6.45) is 0. The summed E-state index contributed by atoms with van der Waals surface area (Å²) in [6.45, 7) is 4.18. The van der Waals surface area contributed by atoms with E-state index in [1.54, 1.807) is 25.6 Å². The van der Waals surface area contributed by atoms with Crippen LogP contribution in [0.3, 0.4) is 0 Å². The van der Waals surface area contributed by atoms with Gasteiger partial charge in [-0.15, -0.1) is 22.9 Å². The highest BCUT2D eigenvalue weighted by Crippen LogP contribution is 2.43. The van der Waals surface area contributed by atoms with Crippen molar-refractivity contribution >= 4 is 22.9 Å². The van der Waals surface area contributed by atoms with Crippen molar-refractivity contribution in [1.82, 2.24) is 0 Å². The number of benzene rings is 1. The van der Waals surface area contributed by atoms with Crippen LogP contribution in [-0.4, -0.2) is 14.2 Å². The SMILES string of the molecule is COc1cccc(OC)c1C(Cl)c1cc(C)sc1C. The Balaban J connectivity index is 2.54. The van der Waals surface area contributed by atoms with Gasteiger partial charge in [0, 0.05) is 9.75 Å². The van der Waals surface area contributed by atoms with Crippen molar-refractivity contribution in [2.75, 3.05) is 14.2 Å². The number of methoxy groups -OCH3 is 2. The molecular formula is C15H17ClO2S. The van der Waals surface area contributed by atoms with Crippen LogP contribution >= 0.6 is 22.9 Å². The van der Waals surface area contributed by atoms with E-state index in [9.17, 15) is 0 Å². The van der Waals surface area contributed by atoms with Crippen molar-refractivity contribution in [1.29, 1.82) is 0 Å². The molecule has 0 N–H and O–H groups in total. The normalized spacial score (nSPS) is 12.3. The Bertz CT molecular complexity index is 555. The topological polar surface area (TPSA) is 18.5 Å². The zero-order chi connectivity index (χ0) is 14.0. The predicted octanol–water partition coefficient (Wildman–Crippen LogP) is 4.71. The van der Waals surface area contributed by atoms with Gasteiger partial charge < -0.3 is 9.47 Å². The van der Waals surface area contributed by atoms with Gasteiger partial charge in [-0.05, 0) is 37.6 Å². The average molecular weight is 297 g/mol. The number of hydrogen-bond donors (Lipinski definition) is 0. The fourth-order valence-electron chi connectivity index (χ4n) is 2.19. The number of thiophene rings is 1. The molecule has 2 rings (SSSR count). The molecule has 0 bridgehead atoms. The number of aryl methyl sites for hydroxylation is 2. The molecule has 2 aromatic rings. The van der Waals surface area contributed by atoms with Gasteiger partial charge in [-0.1, -0.05) is 6.07 Å². The molecule has 19 heavy (non-hydrogen) atoms. The second-order valence-corrected chi connectivity index (χ2v) is 6.20. The maximum atomic E-state index is 6.66. The highest BCUT2D eigenvalue weighted by molar-refractivity contribution is 7.12. The lowest BCUT2D eigenvalue weighted by atomic mass is 10.0. The molecule has 0 saturated heterocycles. The van der Waals surface area contributed by atoms with Crippen molar-refractivity contribution in [3.8, 4) is 11.5 Å². The molecule has 0 radical (unpaired) electrons. The monoisotopic (exact) mass is 296 g/mol. The molecule has 4 heteroatoms. The lowest BCUT2D eigenvalue weighted by Gasteiger charge is -2.17. The minimum Gasteiger partial charge on any atom is -0.496 e. The van der Waals surface area contributed by atoms with Crippen LogP contribution in [0.5, 0.6) is 11.5 Å². The highest BCUT2D eigenvalue weighted by atomic mass is 35.5. The fraction of sp³-hybridized carbons (Fsp3) is 0.333. The number of halogens is 1. The van der Waals surface area contributed by atoms with E-state index in [1.807, 2.05) is 18.2 Å². The van der Waals surface area contributed by atoms with E-state index in [1.165, 1.54) is 9.75 Å². The minimum absolute atomic E-state index is 0.268. The summed E-state index contributed by atoms with van der Waals surface area (Å²) in [4.78, 5) is 2.48. The van der Waals surface area contributed by atoms with E-state index in [0.29, 0.717) is 0 Å². The third kappa shape index (κ3) is 2.72. The van der Waals surface area contributed by atoms with Gasteiger partial charge in [-0.2, -0.15) is 0 Å². The van der Waals surface area contributed by atoms with Gasteiger partial charge in [0.2, 0.25) is 0 Å². The third-order valence-corrected chi connectivity index (χ3v) is 4.51. The molecule has 1 atom stereocenters. The Hall–Kier alpha value is -1.19. The van der Waals surface area contributed by atoms with Gasteiger partial charge in [0.1, 0.15) is 11.5 Å². The molecule has 1 aromatic heterocycles. The molecule has 0 spiro atoms. The maximum Gasteiger partial charge on any atom is 0.127 e. The quantitative estimate of drug-likeness (QED) is 0.761. The van der Waals surface area contributed by atoms with Gasteiger partial charge in [0.25, 0.3) is 0 Å². The standard InChI is InChI=1S/C15H17ClO2S/c1-9-8-11(10(2)19-9)15(16)14-12(17-3)6-5-7-13(14)18-4/h5-8,15H,1-4H3. The first-order valence-electron chi connectivity index (χ1n) is 6.00. The van der Waals surface area contributed by atoms with E-state index in [4.69, 9.17) is 21.1 Å². The largest absolute Gasteiger partial charge is 0.496 e. The number of alkyl halides is 1. The lowest BCUT2D eigenvalue weighted by Crippen LogP contribution is -2.01. The predicted molar refractivity (Wildman–Crippen MR) is 81.0 cm³/mol. The summed E-state index contributed by atoms with van der Waals surface area (Å²) in [5.41, 5.74) is 2.00. The van der Waals surface area contributed by atoms with Crippen LogP contribution in [0.15, 0.2) is 24.3 Å². The molecule has 1 heterocycles. The molecule has 102 valence electrons. The lowest BCUT2D eigenvalue weighted by molar-refractivity contribution is 0.386. The minimum atomic E-state index is -0.268. The number of ether oxygens (including phenoxy) is 2. The summed E-state index contributed by atoms with van der Waals surface area (Å²) in [7, 11) is 3.29. The summed E-state index contributed by atoms with van der Waals surface area (Å²) < 4.78 is 10.8. The van der Waals surface area contributed by atoms with Crippen molar-refractivity contribution in [3.63, 3.8) is 0 Å².